The summed E-state index contributed by atoms with van der Waals surface area (Å²) in [6.07, 6.45) is 6.00. The molecule has 0 heterocycles. The van der Waals surface area contributed by atoms with E-state index in [4.69, 9.17) is 5.26 Å². The summed E-state index contributed by atoms with van der Waals surface area (Å²) >= 11 is 5.81. The molecule has 2 nitrogen and oxygen atoms in total. The van der Waals surface area contributed by atoms with E-state index in [0.29, 0.717) is 5.25 Å². The Bertz CT molecular complexity index is 261. The molecule has 0 saturated carbocycles. The van der Waals surface area contributed by atoms with E-state index in [1.807, 2.05) is 12.2 Å². The quantitative estimate of drug-likeness (QED) is 0.294. The van der Waals surface area contributed by atoms with Crippen molar-refractivity contribution < 1.29 is 0 Å². The molecule has 0 fully saturated rings. The maximum Gasteiger partial charge on any atom is 0.133 e. The van der Waals surface area contributed by atoms with E-state index in [1.54, 1.807) is 0 Å². The van der Waals surface area contributed by atoms with Crippen LogP contribution in [0.1, 0.15) is 12.8 Å². The second-order valence-electron chi connectivity index (χ2n) is 2.50. The van der Waals surface area contributed by atoms with Crippen molar-refractivity contribution in [2.24, 2.45) is 4.99 Å². The van der Waals surface area contributed by atoms with Gasteiger partial charge in [-0.15, -0.1) is 0 Å². The largest absolute Gasteiger partial charge is 0.225 e. The van der Waals surface area contributed by atoms with Crippen molar-refractivity contribution in [2.75, 3.05) is 0 Å². The highest BCUT2D eigenvalue weighted by atomic mass is 32.2. The molecule has 62 valence electrons. The third-order valence-electron chi connectivity index (χ3n) is 1.72. The van der Waals surface area contributed by atoms with Crippen LogP contribution in [-0.2, 0) is 0 Å². The van der Waals surface area contributed by atoms with E-state index in [1.165, 1.54) is 11.8 Å². The van der Waals surface area contributed by atoms with Crippen molar-refractivity contribution in [3.63, 3.8) is 0 Å². The molecule has 4 heteroatoms. The molecule has 0 spiro atoms. The topological polar surface area (TPSA) is 36.1 Å². The standard InChI is InChI=1S/C8H8N2S2/c9-5-12-8-3-1-7(2-4-8)10-6-11/h1,3,7-8H,2,4H2/t7-,8+/m0/s1. The van der Waals surface area contributed by atoms with Crippen molar-refractivity contribution in [1.29, 1.82) is 5.26 Å². The first-order chi connectivity index (χ1) is 5.86. The molecule has 0 unspecified atom stereocenters. The lowest BCUT2D eigenvalue weighted by Gasteiger charge is -2.15. The second kappa shape index (κ2) is 5.10. The van der Waals surface area contributed by atoms with Crippen molar-refractivity contribution in [1.82, 2.24) is 0 Å². The molecule has 0 N–H and O–H groups in total. The fourth-order valence-corrected chi connectivity index (χ4v) is 1.81. The van der Waals surface area contributed by atoms with Crippen LogP contribution in [0.15, 0.2) is 17.1 Å². The van der Waals surface area contributed by atoms with Crippen LogP contribution in [0.5, 0.6) is 0 Å². The molecule has 0 aromatic carbocycles. The van der Waals surface area contributed by atoms with E-state index < -0.39 is 0 Å². The third kappa shape index (κ3) is 2.78. The summed E-state index contributed by atoms with van der Waals surface area (Å²) in [5.41, 5.74) is 0. The molecule has 1 aliphatic carbocycles. The monoisotopic (exact) mass is 196 g/mol. The summed E-state index contributed by atoms with van der Waals surface area (Å²) in [7, 11) is 0. The van der Waals surface area contributed by atoms with Crippen LogP contribution < -0.4 is 0 Å². The molecule has 0 radical (unpaired) electrons. The maximum atomic E-state index is 8.41. The van der Waals surface area contributed by atoms with Gasteiger partial charge in [0.25, 0.3) is 0 Å². The number of thiocarbonyl (C=S) groups is 1. The average molecular weight is 196 g/mol. The first-order valence-electron chi connectivity index (χ1n) is 3.67. The van der Waals surface area contributed by atoms with E-state index >= 15 is 0 Å². The van der Waals surface area contributed by atoms with E-state index in [-0.39, 0.29) is 6.04 Å². The van der Waals surface area contributed by atoms with Crippen molar-refractivity contribution in [3.05, 3.63) is 12.2 Å². The zero-order valence-corrected chi connectivity index (χ0v) is 8.07. The lowest BCUT2D eigenvalue weighted by molar-refractivity contribution is 0.658. The number of aliphatic imine (C=N–C) groups is 1. The Kier molecular flexibility index (Phi) is 4.02. The summed E-state index contributed by atoms with van der Waals surface area (Å²) in [6.45, 7) is 0. The Hall–Kier alpha value is -0.620. The third-order valence-corrected chi connectivity index (χ3v) is 2.62. The fourth-order valence-electron chi connectivity index (χ4n) is 1.12. The first-order valence-corrected chi connectivity index (χ1v) is 4.95. The van der Waals surface area contributed by atoms with Gasteiger partial charge in [-0.2, -0.15) is 5.26 Å². The number of hydrogen-bond acceptors (Lipinski definition) is 4. The van der Waals surface area contributed by atoms with Gasteiger partial charge in [0.1, 0.15) is 5.40 Å². The van der Waals surface area contributed by atoms with Gasteiger partial charge >= 0.3 is 0 Å². The molecule has 0 aliphatic heterocycles. The normalized spacial score (nSPS) is 27.2. The molecule has 0 saturated heterocycles. The van der Waals surface area contributed by atoms with Gasteiger partial charge in [0.2, 0.25) is 0 Å². The minimum atomic E-state index is 0.193. The van der Waals surface area contributed by atoms with Crippen LogP contribution in [0, 0.1) is 10.7 Å². The molecule has 1 aliphatic rings. The average Bonchev–Trinajstić information content (AvgIpc) is 2.09. The van der Waals surface area contributed by atoms with E-state index in [9.17, 15) is 0 Å². The van der Waals surface area contributed by atoms with Crippen molar-refractivity contribution in [3.8, 4) is 5.40 Å². The Balaban J connectivity index is 2.48. The minimum absolute atomic E-state index is 0.193. The Morgan fingerprint density at radius 2 is 2.33 bits per heavy atom. The number of hydrogen-bond donors (Lipinski definition) is 0. The highest BCUT2D eigenvalue weighted by molar-refractivity contribution is 8.04. The summed E-state index contributed by atoms with van der Waals surface area (Å²) in [5, 5.41) is 13.2. The van der Waals surface area contributed by atoms with Crippen LogP contribution >= 0.6 is 24.0 Å². The summed E-state index contributed by atoms with van der Waals surface area (Å²) in [6, 6.07) is 0.193. The first kappa shape index (κ1) is 9.47. The lowest BCUT2D eigenvalue weighted by atomic mass is 10.0. The summed E-state index contributed by atoms with van der Waals surface area (Å²) in [4.78, 5) is 3.96. The molecule has 1 rings (SSSR count). The number of thioether (sulfide) groups is 1. The summed E-state index contributed by atoms with van der Waals surface area (Å²) in [5.74, 6) is 0. The molecular weight excluding hydrogens is 188 g/mol. The SMILES string of the molecule is N#CS[C@@H]1C=C[C@H](N=C=S)CC1. The Morgan fingerprint density at radius 1 is 1.50 bits per heavy atom. The van der Waals surface area contributed by atoms with Crippen LogP contribution in [0.2, 0.25) is 0 Å². The molecule has 0 amide bonds. The highest BCUT2D eigenvalue weighted by Gasteiger charge is 2.14. The van der Waals surface area contributed by atoms with Crippen LogP contribution in [0.3, 0.4) is 0 Å². The van der Waals surface area contributed by atoms with Gasteiger partial charge in [0, 0.05) is 5.25 Å². The van der Waals surface area contributed by atoms with Gasteiger partial charge in [-0.1, -0.05) is 12.2 Å². The molecule has 0 aromatic heterocycles. The molecule has 2 atom stereocenters. The molecule has 0 aromatic rings. The number of rotatable bonds is 2. The van der Waals surface area contributed by atoms with E-state index in [0.717, 1.165) is 12.8 Å². The number of nitrogens with zero attached hydrogens (tertiary/aromatic N) is 2. The van der Waals surface area contributed by atoms with Crippen LogP contribution in [0.25, 0.3) is 0 Å². The number of nitriles is 1. The Morgan fingerprint density at radius 3 is 2.83 bits per heavy atom. The lowest BCUT2D eigenvalue weighted by Crippen LogP contribution is -2.11. The molecule has 0 bridgehead atoms. The zero-order chi connectivity index (χ0) is 8.81. The van der Waals surface area contributed by atoms with Gasteiger partial charge in [-0.05, 0) is 36.8 Å². The predicted octanol–water partition coefficient (Wildman–Crippen LogP) is 2.39. The van der Waals surface area contributed by atoms with Gasteiger partial charge in [0.05, 0.1) is 11.2 Å². The minimum Gasteiger partial charge on any atom is -0.225 e. The van der Waals surface area contributed by atoms with Crippen molar-refractivity contribution >= 4 is 29.1 Å². The van der Waals surface area contributed by atoms with Gasteiger partial charge in [0.15, 0.2) is 0 Å². The van der Waals surface area contributed by atoms with Crippen molar-refractivity contribution in [2.45, 2.75) is 24.1 Å². The molecular formula is C8H8N2S2. The second-order valence-corrected chi connectivity index (χ2v) is 3.70. The van der Waals surface area contributed by atoms with Gasteiger partial charge in [-0.25, -0.2) is 4.99 Å². The maximum absolute atomic E-state index is 8.41. The Labute approximate surface area is 81.4 Å². The van der Waals surface area contributed by atoms with Crippen LogP contribution in [0.4, 0.5) is 0 Å². The highest BCUT2D eigenvalue weighted by Crippen LogP contribution is 2.23. The van der Waals surface area contributed by atoms with Crippen LogP contribution in [-0.4, -0.2) is 16.5 Å². The zero-order valence-electron chi connectivity index (χ0n) is 6.43. The summed E-state index contributed by atoms with van der Waals surface area (Å²) < 4.78 is 0. The van der Waals surface area contributed by atoms with Gasteiger partial charge < -0.3 is 0 Å². The predicted molar refractivity (Wildman–Crippen MR) is 54.2 cm³/mol. The van der Waals surface area contributed by atoms with Gasteiger partial charge in [-0.3, -0.25) is 0 Å². The number of isothiocyanates is 1. The number of thiocyanates is 1. The fraction of sp³-hybridized carbons (Fsp3) is 0.500. The smallest absolute Gasteiger partial charge is 0.133 e. The van der Waals surface area contributed by atoms with E-state index in [2.05, 4.69) is 27.8 Å². The molecule has 12 heavy (non-hydrogen) atoms.